The highest BCUT2D eigenvalue weighted by Gasteiger charge is 2.75. The van der Waals surface area contributed by atoms with Crippen molar-refractivity contribution in [3.8, 4) is 0 Å². The van der Waals surface area contributed by atoms with E-state index in [-0.39, 0.29) is 42.3 Å². The molecule has 5 rings (SSSR count). The van der Waals surface area contributed by atoms with E-state index in [1.807, 2.05) is 19.9 Å². The molecule has 4 fully saturated rings. The minimum absolute atomic E-state index is 0.0100. The molecule has 5 aliphatic rings. The molecule has 3 saturated carbocycles. The van der Waals surface area contributed by atoms with Gasteiger partial charge in [-0.3, -0.25) is 14.4 Å². The van der Waals surface area contributed by atoms with Crippen LogP contribution in [0.1, 0.15) is 72.1 Å². The number of carbonyl (C=O) groups is 3. The van der Waals surface area contributed by atoms with Crippen molar-refractivity contribution in [3.63, 3.8) is 0 Å². The first-order valence-electron chi connectivity index (χ1n) is 15.6. The normalized spacial score (nSPS) is 38.6. The lowest BCUT2D eigenvalue weighted by atomic mass is 9.46. The molecule has 1 unspecified atom stereocenters. The van der Waals surface area contributed by atoms with Crippen LogP contribution < -0.4 is 0 Å². The van der Waals surface area contributed by atoms with E-state index >= 15 is 0 Å². The summed E-state index contributed by atoms with van der Waals surface area (Å²) in [7, 11) is 2.92. The van der Waals surface area contributed by atoms with Crippen LogP contribution in [0.4, 0.5) is 0 Å². The van der Waals surface area contributed by atoms with Crippen LogP contribution in [0.5, 0.6) is 0 Å². The molecule has 0 spiro atoms. The molecule has 0 aromatic rings. The molecule has 1 N–H and O–H groups in total. The number of hydrogen-bond acceptors (Lipinski definition) is 12. The molecule has 0 radical (unpaired) electrons. The molecule has 244 valence electrons. The Morgan fingerprint density at radius 3 is 2.77 bits per heavy atom. The summed E-state index contributed by atoms with van der Waals surface area (Å²) in [6.45, 7) is 5.79. The fraction of sp³-hybridized carbons (Fsp3) is 0.774. The van der Waals surface area contributed by atoms with Gasteiger partial charge in [-0.25, -0.2) is 0 Å². The SMILES string of the molecule is CCCC1O[C@@H]2C[C@H]3[C@@H]4CCC5=CC(=O)C=C[C@]5(C)[C@H]4[C@@H](O)C[C@]3(C)[C@]2(C(=O)COC(=O)CCCSSCCO[N+](=O)[O-])O1. The highest BCUT2D eigenvalue weighted by Crippen LogP contribution is 2.69. The van der Waals surface area contributed by atoms with Crippen LogP contribution >= 0.6 is 21.6 Å². The number of ether oxygens (including phenoxy) is 3. The van der Waals surface area contributed by atoms with Crippen LogP contribution in [0.3, 0.4) is 0 Å². The van der Waals surface area contributed by atoms with Gasteiger partial charge in [-0.15, -0.1) is 10.1 Å². The van der Waals surface area contributed by atoms with Gasteiger partial charge < -0.3 is 24.2 Å². The second-order valence-corrected chi connectivity index (χ2v) is 15.7. The number of allylic oxidation sites excluding steroid dienone is 4. The van der Waals surface area contributed by atoms with Gasteiger partial charge in [-0.1, -0.05) is 60.4 Å². The fourth-order valence-corrected chi connectivity index (χ4v) is 10.8. The lowest BCUT2D eigenvalue weighted by Crippen LogP contribution is -2.63. The second-order valence-electron chi connectivity index (χ2n) is 13.0. The summed E-state index contributed by atoms with van der Waals surface area (Å²) in [6.07, 6.45) is 8.27. The predicted molar refractivity (Wildman–Crippen MR) is 164 cm³/mol. The van der Waals surface area contributed by atoms with Crippen LogP contribution in [-0.4, -0.2) is 76.5 Å². The van der Waals surface area contributed by atoms with E-state index in [4.69, 9.17) is 14.2 Å². The molecule has 13 heteroatoms. The first kappa shape index (κ1) is 33.4. The van der Waals surface area contributed by atoms with Crippen molar-refractivity contribution >= 4 is 39.1 Å². The second kappa shape index (κ2) is 13.4. The van der Waals surface area contributed by atoms with Crippen molar-refractivity contribution in [2.24, 2.45) is 28.6 Å². The number of aliphatic hydroxyl groups is 1. The molecule has 0 aromatic carbocycles. The third-order valence-electron chi connectivity index (χ3n) is 10.6. The van der Waals surface area contributed by atoms with E-state index in [0.717, 1.165) is 24.8 Å². The highest BCUT2D eigenvalue weighted by molar-refractivity contribution is 8.76. The number of fused-ring (bicyclic) bond motifs is 7. The van der Waals surface area contributed by atoms with Crippen molar-refractivity contribution in [1.82, 2.24) is 0 Å². The van der Waals surface area contributed by atoms with Gasteiger partial charge >= 0.3 is 5.97 Å². The lowest BCUT2D eigenvalue weighted by Gasteiger charge is -2.59. The van der Waals surface area contributed by atoms with Crippen LogP contribution in [0.25, 0.3) is 0 Å². The van der Waals surface area contributed by atoms with Crippen LogP contribution in [-0.2, 0) is 33.4 Å². The smallest absolute Gasteiger partial charge is 0.306 e. The maximum atomic E-state index is 14.2. The van der Waals surface area contributed by atoms with Crippen molar-refractivity contribution in [1.29, 1.82) is 0 Å². The first-order chi connectivity index (χ1) is 21.0. The van der Waals surface area contributed by atoms with Crippen molar-refractivity contribution in [2.75, 3.05) is 24.7 Å². The molecular formula is C31H43NO10S2. The van der Waals surface area contributed by atoms with E-state index in [9.17, 15) is 29.6 Å². The van der Waals surface area contributed by atoms with Crippen LogP contribution in [0, 0.1) is 38.7 Å². The zero-order valence-corrected chi connectivity index (χ0v) is 27.2. The maximum absolute atomic E-state index is 14.2. The van der Waals surface area contributed by atoms with Crippen molar-refractivity contribution in [3.05, 3.63) is 33.9 Å². The molecule has 1 heterocycles. The Balaban J connectivity index is 1.25. The molecular weight excluding hydrogens is 610 g/mol. The number of rotatable bonds is 14. The van der Waals surface area contributed by atoms with Crippen LogP contribution in [0.2, 0.25) is 0 Å². The van der Waals surface area contributed by atoms with E-state index in [2.05, 4.69) is 11.8 Å². The van der Waals surface area contributed by atoms with E-state index in [0.29, 0.717) is 37.2 Å². The van der Waals surface area contributed by atoms with Gasteiger partial charge in [0, 0.05) is 34.7 Å². The summed E-state index contributed by atoms with van der Waals surface area (Å²) in [5, 5.41) is 21.2. The Morgan fingerprint density at radius 2 is 2.02 bits per heavy atom. The Labute approximate surface area is 265 Å². The topological polar surface area (TPSA) is 152 Å². The fourth-order valence-electron chi connectivity index (χ4n) is 8.87. The average Bonchev–Trinajstić information content (AvgIpc) is 3.45. The predicted octanol–water partition coefficient (Wildman–Crippen LogP) is 4.64. The summed E-state index contributed by atoms with van der Waals surface area (Å²) >= 11 is 0. The quantitative estimate of drug-likeness (QED) is 0.0914. The summed E-state index contributed by atoms with van der Waals surface area (Å²) in [5.41, 5.74) is -1.39. The molecule has 44 heavy (non-hydrogen) atoms. The van der Waals surface area contributed by atoms with E-state index in [1.165, 1.54) is 21.6 Å². The summed E-state index contributed by atoms with van der Waals surface area (Å²) in [5.74, 6) is 0.383. The molecule has 4 aliphatic carbocycles. The molecule has 0 aromatic heterocycles. The Bertz CT molecular complexity index is 1210. The largest absolute Gasteiger partial charge is 0.458 e. The molecule has 0 bridgehead atoms. The summed E-state index contributed by atoms with van der Waals surface area (Å²) in [4.78, 5) is 53.4. The Hall–Kier alpha value is -1.93. The standard InChI is InChI=1S/C31H43NO10S2/c1-4-6-27-41-25-16-22-21-9-8-19-15-20(33)10-11-29(19,2)28(21)23(34)17-30(22,3)31(25,42-27)24(35)18-39-26(36)7-5-13-43-44-14-12-40-32(37)38/h10-11,15,21-23,25,27-28,34H,4-9,12-14,16-18H2,1-3H3/t21-,22-,23-,25+,27?,28+,29-,30-,31+/m0/s1. The van der Waals surface area contributed by atoms with Crippen molar-refractivity contribution < 1.29 is 43.6 Å². The lowest BCUT2D eigenvalue weighted by molar-refractivity contribution is -0.756. The number of aliphatic hydroxyl groups excluding tert-OH is 1. The van der Waals surface area contributed by atoms with Gasteiger partial charge in [0.05, 0.1) is 12.2 Å². The molecule has 0 amide bonds. The zero-order chi connectivity index (χ0) is 31.7. The van der Waals surface area contributed by atoms with E-state index < -0.39 is 52.6 Å². The van der Waals surface area contributed by atoms with Gasteiger partial charge in [-0.2, -0.15) is 0 Å². The monoisotopic (exact) mass is 653 g/mol. The van der Waals surface area contributed by atoms with Gasteiger partial charge in [0.25, 0.3) is 5.09 Å². The average molecular weight is 654 g/mol. The molecule has 11 nitrogen and oxygen atoms in total. The summed E-state index contributed by atoms with van der Waals surface area (Å²) < 4.78 is 18.5. The van der Waals surface area contributed by atoms with Gasteiger partial charge in [0.15, 0.2) is 24.3 Å². The van der Waals surface area contributed by atoms with Gasteiger partial charge in [0.1, 0.15) is 6.61 Å². The maximum Gasteiger partial charge on any atom is 0.306 e. The van der Waals surface area contributed by atoms with Crippen LogP contribution in [0.15, 0.2) is 23.8 Å². The molecule has 1 aliphatic heterocycles. The van der Waals surface area contributed by atoms with Gasteiger partial charge in [-0.05, 0) is 62.5 Å². The minimum Gasteiger partial charge on any atom is -0.458 e. The summed E-state index contributed by atoms with van der Waals surface area (Å²) in [6, 6.07) is 0. The number of hydrogen-bond donors (Lipinski definition) is 1. The number of Topliss-reactive ketones (excluding diaryl/α,β-unsaturated/α-hetero) is 1. The van der Waals surface area contributed by atoms with Crippen molar-refractivity contribution in [2.45, 2.75) is 96.2 Å². The molecule has 1 saturated heterocycles. The first-order valence-corrected chi connectivity index (χ1v) is 18.1. The number of ketones is 2. The zero-order valence-electron chi connectivity index (χ0n) is 25.6. The number of carbonyl (C=O) groups excluding carboxylic acids is 3. The van der Waals surface area contributed by atoms with Gasteiger partial charge in [0.2, 0.25) is 5.78 Å². The van der Waals surface area contributed by atoms with E-state index in [1.54, 1.807) is 12.2 Å². The number of nitrogens with zero attached hydrogens (tertiary/aromatic N) is 1. The molecule has 9 atom stereocenters. The third kappa shape index (κ3) is 5.99. The Morgan fingerprint density at radius 1 is 1.25 bits per heavy atom. The number of esters is 1. The minimum atomic E-state index is -1.32. The Kier molecular flexibility index (Phi) is 10.2. The third-order valence-corrected chi connectivity index (χ3v) is 13.1. The highest BCUT2D eigenvalue weighted by atomic mass is 33.1.